The maximum atomic E-state index is 13.4. The Morgan fingerprint density at radius 2 is 1.97 bits per heavy atom. The van der Waals surface area contributed by atoms with Crippen LogP contribution in [0.15, 0.2) is 24.3 Å². The van der Waals surface area contributed by atoms with Crippen LogP contribution < -0.4 is 0 Å². The molecule has 5 rings (SSSR count). The molecule has 2 aromatic rings. The smallest absolute Gasteiger partial charge is 0.333 e. The van der Waals surface area contributed by atoms with Gasteiger partial charge in [-0.05, 0) is 30.4 Å². The molecule has 9 heteroatoms. The van der Waals surface area contributed by atoms with E-state index in [1.807, 2.05) is 6.21 Å². The lowest BCUT2D eigenvalue weighted by Crippen LogP contribution is -2.25. The topological polar surface area (TPSA) is 69.1 Å². The van der Waals surface area contributed by atoms with Crippen molar-refractivity contribution in [3.05, 3.63) is 52.3 Å². The molecule has 3 aliphatic rings. The number of fused-ring (bicyclic) bond motifs is 2. The maximum absolute atomic E-state index is 13.4. The number of H-pyrrole nitrogens is 1. The molecule has 6 nitrogen and oxygen atoms in total. The van der Waals surface area contributed by atoms with Crippen LogP contribution in [0.2, 0.25) is 0 Å². The van der Waals surface area contributed by atoms with Crippen molar-refractivity contribution in [3.8, 4) is 0 Å². The van der Waals surface area contributed by atoms with Crippen molar-refractivity contribution in [2.75, 3.05) is 6.54 Å². The highest BCUT2D eigenvalue weighted by Gasteiger charge is 2.47. The predicted molar refractivity (Wildman–Crippen MR) is 104 cm³/mol. The zero-order chi connectivity index (χ0) is 21.9. The Bertz CT molecular complexity index is 1100. The molecule has 1 aliphatic carbocycles. The SMILES string of the molecule is CC(=O)N1Cc2[nH]nc(C(=O)[N+]3=C[C@H]4C[C@@H](c5ccccc5C(F)(F)F)C[C@H]4C3)c2C1. The fraction of sp³-hybridized carbons (Fsp3) is 0.455. The first-order chi connectivity index (χ1) is 14.7. The van der Waals surface area contributed by atoms with Gasteiger partial charge in [0.1, 0.15) is 0 Å². The van der Waals surface area contributed by atoms with Gasteiger partial charge in [0, 0.05) is 24.3 Å². The summed E-state index contributed by atoms with van der Waals surface area (Å²) in [6.07, 6.45) is -1.29. The maximum Gasteiger partial charge on any atom is 0.439 e. The van der Waals surface area contributed by atoms with Gasteiger partial charge in [-0.2, -0.15) is 22.8 Å². The molecule has 3 atom stereocenters. The Hall–Kier alpha value is -2.97. The van der Waals surface area contributed by atoms with E-state index in [1.54, 1.807) is 21.6 Å². The van der Waals surface area contributed by atoms with Gasteiger partial charge in [0.05, 0.1) is 24.3 Å². The normalized spacial score (nSPS) is 24.8. The predicted octanol–water partition coefficient (Wildman–Crippen LogP) is 3.34. The Labute approximate surface area is 176 Å². The van der Waals surface area contributed by atoms with Gasteiger partial charge in [-0.15, -0.1) is 0 Å². The lowest BCUT2D eigenvalue weighted by Gasteiger charge is -2.17. The summed E-state index contributed by atoms with van der Waals surface area (Å²) in [5, 5.41) is 7.03. The standard InChI is InChI=1S/C22H21F3N4O2/c1-12(30)28-10-17-19(11-28)26-27-20(17)21(31)29-8-14-6-13(7-15(14)9-29)16-4-2-3-5-18(16)22(23,24)25/h2-5,8,13-15H,6-7,9-11H2,1H3/p+1/t13-,14-,15+/m1/s1. The molecule has 0 bridgehead atoms. The molecule has 0 saturated heterocycles. The van der Waals surface area contributed by atoms with Gasteiger partial charge in [-0.3, -0.25) is 9.89 Å². The lowest BCUT2D eigenvalue weighted by molar-refractivity contribution is -0.422. The second-order valence-corrected chi connectivity index (χ2v) is 8.69. The van der Waals surface area contributed by atoms with Gasteiger partial charge in [0.2, 0.25) is 11.6 Å². The number of nitrogens with one attached hydrogen (secondary N) is 1. The van der Waals surface area contributed by atoms with Crippen LogP contribution in [-0.2, 0) is 24.1 Å². The highest BCUT2D eigenvalue weighted by atomic mass is 19.4. The third-order valence-electron chi connectivity index (χ3n) is 6.82. The molecule has 1 aromatic carbocycles. The Balaban J connectivity index is 1.33. The molecule has 1 fully saturated rings. The summed E-state index contributed by atoms with van der Waals surface area (Å²) >= 11 is 0. The van der Waals surface area contributed by atoms with E-state index in [0.717, 1.165) is 17.3 Å². The first kappa shape index (κ1) is 20.0. The zero-order valence-corrected chi connectivity index (χ0v) is 16.9. The molecule has 3 heterocycles. The highest BCUT2D eigenvalue weighted by molar-refractivity contribution is 5.90. The van der Waals surface area contributed by atoms with Crippen LogP contribution in [0, 0.1) is 11.8 Å². The fourth-order valence-electron chi connectivity index (χ4n) is 5.29. The first-order valence-corrected chi connectivity index (χ1v) is 10.4. The van der Waals surface area contributed by atoms with Crippen molar-refractivity contribution in [2.24, 2.45) is 11.8 Å². The first-order valence-electron chi connectivity index (χ1n) is 10.4. The van der Waals surface area contributed by atoms with Crippen molar-refractivity contribution >= 4 is 18.0 Å². The van der Waals surface area contributed by atoms with Crippen molar-refractivity contribution in [1.29, 1.82) is 0 Å². The lowest BCUT2D eigenvalue weighted by atomic mass is 9.91. The summed E-state index contributed by atoms with van der Waals surface area (Å²) in [4.78, 5) is 26.4. The number of nitrogens with zero attached hydrogens (tertiary/aromatic N) is 3. The van der Waals surface area contributed by atoms with Crippen LogP contribution in [0.3, 0.4) is 0 Å². The number of rotatable bonds is 2. The van der Waals surface area contributed by atoms with Gasteiger partial charge < -0.3 is 4.90 Å². The second-order valence-electron chi connectivity index (χ2n) is 8.69. The Morgan fingerprint density at radius 3 is 2.68 bits per heavy atom. The van der Waals surface area contributed by atoms with Gasteiger partial charge in [0.15, 0.2) is 12.8 Å². The number of halogens is 3. The van der Waals surface area contributed by atoms with E-state index < -0.39 is 11.7 Å². The minimum atomic E-state index is -4.37. The van der Waals surface area contributed by atoms with E-state index in [1.165, 1.54) is 13.0 Å². The molecular formula is C22H22F3N4O2+. The number of alkyl halides is 3. The number of carbonyl (C=O) groups excluding carboxylic acids is 2. The molecular weight excluding hydrogens is 409 g/mol. The summed E-state index contributed by atoms with van der Waals surface area (Å²) in [5.74, 6) is -0.244. The number of amides is 2. The van der Waals surface area contributed by atoms with Crippen LogP contribution in [0.5, 0.6) is 0 Å². The monoisotopic (exact) mass is 431 g/mol. The number of benzene rings is 1. The van der Waals surface area contributed by atoms with E-state index in [4.69, 9.17) is 0 Å². The van der Waals surface area contributed by atoms with Crippen LogP contribution in [-0.4, -0.2) is 44.2 Å². The van der Waals surface area contributed by atoms with E-state index in [9.17, 15) is 22.8 Å². The summed E-state index contributed by atoms with van der Waals surface area (Å²) in [5.41, 5.74) is 1.65. The Morgan fingerprint density at radius 1 is 1.19 bits per heavy atom. The summed E-state index contributed by atoms with van der Waals surface area (Å²) in [7, 11) is 0. The number of aromatic nitrogens is 2. The molecule has 2 aliphatic heterocycles. The average molecular weight is 431 g/mol. The van der Waals surface area contributed by atoms with Crippen molar-refractivity contribution in [2.45, 2.75) is 44.9 Å². The molecule has 0 radical (unpaired) electrons. The van der Waals surface area contributed by atoms with Crippen LogP contribution in [0.25, 0.3) is 0 Å². The number of hydrogen-bond donors (Lipinski definition) is 1. The molecule has 31 heavy (non-hydrogen) atoms. The van der Waals surface area contributed by atoms with E-state index in [0.29, 0.717) is 43.7 Å². The Kier molecular flexibility index (Phi) is 4.53. The largest absolute Gasteiger partial charge is 0.439 e. The van der Waals surface area contributed by atoms with Gasteiger partial charge in [0.25, 0.3) is 0 Å². The minimum absolute atomic E-state index is 0.0598. The third-order valence-corrected chi connectivity index (χ3v) is 6.82. The molecule has 1 N–H and O–H groups in total. The average Bonchev–Trinajstić information content (AvgIpc) is 3.45. The fourth-order valence-corrected chi connectivity index (χ4v) is 5.29. The van der Waals surface area contributed by atoms with Gasteiger partial charge in [-0.1, -0.05) is 18.2 Å². The van der Waals surface area contributed by atoms with Gasteiger partial charge >= 0.3 is 12.1 Å². The quantitative estimate of drug-likeness (QED) is 0.742. The summed E-state index contributed by atoms with van der Waals surface area (Å²) in [6.45, 7) is 2.75. The molecule has 1 saturated carbocycles. The van der Waals surface area contributed by atoms with Crippen molar-refractivity contribution in [1.82, 2.24) is 15.1 Å². The van der Waals surface area contributed by atoms with E-state index in [2.05, 4.69) is 10.2 Å². The van der Waals surface area contributed by atoms with Crippen molar-refractivity contribution in [3.63, 3.8) is 0 Å². The molecule has 0 spiro atoms. The number of hydrogen-bond acceptors (Lipinski definition) is 3. The van der Waals surface area contributed by atoms with Crippen LogP contribution in [0.4, 0.5) is 13.2 Å². The highest BCUT2D eigenvalue weighted by Crippen LogP contribution is 2.47. The van der Waals surface area contributed by atoms with Crippen molar-refractivity contribution < 1.29 is 27.3 Å². The molecule has 1 aromatic heterocycles. The number of carbonyl (C=O) groups is 2. The van der Waals surface area contributed by atoms with E-state index in [-0.39, 0.29) is 29.6 Å². The summed E-state index contributed by atoms with van der Waals surface area (Å²) in [6, 6.07) is 5.79. The summed E-state index contributed by atoms with van der Waals surface area (Å²) < 4.78 is 41.9. The zero-order valence-electron chi connectivity index (χ0n) is 16.9. The third kappa shape index (κ3) is 3.36. The molecule has 0 unspecified atom stereocenters. The minimum Gasteiger partial charge on any atom is -0.333 e. The van der Waals surface area contributed by atoms with Crippen LogP contribution >= 0.6 is 0 Å². The van der Waals surface area contributed by atoms with E-state index >= 15 is 0 Å². The van der Waals surface area contributed by atoms with Crippen LogP contribution in [0.1, 0.15) is 58.6 Å². The molecule has 162 valence electrons. The molecule has 2 amide bonds. The van der Waals surface area contributed by atoms with Gasteiger partial charge in [-0.25, -0.2) is 4.79 Å². The second kappa shape index (κ2) is 7.03. The number of aromatic amines is 1.